The van der Waals surface area contributed by atoms with Gasteiger partial charge in [0, 0.05) is 12.2 Å². The molecule has 1 aliphatic rings. The summed E-state index contributed by atoms with van der Waals surface area (Å²) in [6.07, 6.45) is 2.55. The van der Waals surface area contributed by atoms with Crippen LogP contribution in [-0.4, -0.2) is 29.7 Å². The Morgan fingerprint density at radius 1 is 1.38 bits per heavy atom. The Labute approximate surface area is 125 Å². The molecule has 114 valence electrons. The van der Waals surface area contributed by atoms with Gasteiger partial charge in [0.25, 0.3) is 0 Å². The summed E-state index contributed by atoms with van der Waals surface area (Å²) in [4.78, 5) is 25.4. The lowest BCUT2D eigenvalue weighted by molar-refractivity contribution is -0.140. The normalized spacial score (nSPS) is 16.8. The number of hydrogen-bond acceptors (Lipinski definition) is 2. The van der Waals surface area contributed by atoms with E-state index in [2.05, 4.69) is 5.32 Å². The molecule has 21 heavy (non-hydrogen) atoms. The minimum Gasteiger partial charge on any atom is -0.480 e. The van der Waals surface area contributed by atoms with E-state index in [0.717, 1.165) is 24.1 Å². The van der Waals surface area contributed by atoms with Crippen molar-refractivity contribution in [1.29, 1.82) is 0 Å². The highest BCUT2D eigenvalue weighted by molar-refractivity contribution is 5.95. The number of carboxylic acid groups (broad SMARTS) is 1. The largest absolute Gasteiger partial charge is 0.480 e. The average molecular weight is 290 g/mol. The van der Waals surface area contributed by atoms with Crippen molar-refractivity contribution in [3.05, 3.63) is 29.8 Å². The second-order valence-corrected chi connectivity index (χ2v) is 5.53. The van der Waals surface area contributed by atoms with Crippen LogP contribution in [0.3, 0.4) is 0 Å². The van der Waals surface area contributed by atoms with E-state index in [1.54, 1.807) is 4.90 Å². The molecule has 5 nitrogen and oxygen atoms in total. The van der Waals surface area contributed by atoms with E-state index >= 15 is 0 Å². The molecule has 0 aliphatic carbocycles. The number of benzene rings is 1. The molecule has 1 aromatic rings. The summed E-state index contributed by atoms with van der Waals surface area (Å²) < 4.78 is 0. The molecular formula is C16H22N2O3. The lowest BCUT2D eigenvalue weighted by atomic mass is 9.99. The number of rotatable bonds is 4. The standard InChI is InChI=1S/C16H22N2O3/c1-3-11(2)14(15(19)20)17-16(21)18-10-6-8-12-7-4-5-9-13(12)18/h4-5,7,9,11,14H,3,6,8,10H2,1-2H3,(H,17,21)(H,19,20)/t11?,14-/m0/s1. The first-order valence-corrected chi connectivity index (χ1v) is 7.43. The van der Waals surface area contributed by atoms with Crippen LogP contribution in [0.4, 0.5) is 10.5 Å². The van der Waals surface area contributed by atoms with Crippen molar-refractivity contribution in [3.63, 3.8) is 0 Å². The van der Waals surface area contributed by atoms with Crippen LogP contribution < -0.4 is 10.2 Å². The SMILES string of the molecule is CCC(C)[C@H](NC(=O)N1CCCc2ccccc21)C(=O)O. The van der Waals surface area contributed by atoms with E-state index in [-0.39, 0.29) is 11.9 Å². The number of aryl methyl sites for hydroxylation is 1. The molecule has 2 atom stereocenters. The second-order valence-electron chi connectivity index (χ2n) is 5.53. The number of aliphatic carboxylic acids is 1. The summed E-state index contributed by atoms with van der Waals surface area (Å²) in [5.41, 5.74) is 2.02. The summed E-state index contributed by atoms with van der Waals surface area (Å²) in [7, 11) is 0. The summed E-state index contributed by atoms with van der Waals surface area (Å²) in [6, 6.07) is 6.60. The summed E-state index contributed by atoms with van der Waals surface area (Å²) in [5, 5.41) is 11.9. The van der Waals surface area contributed by atoms with Crippen molar-refractivity contribution < 1.29 is 14.7 Å². The molecule has 0 fully saturated rings. The second kappa shape index (κ2) is 6.61. The van der Waals surface area contributed by atoms with E-state index in [1.807, 2.05) is 38.1 Å². The molecule has 1 aromatic carbocycles. The van der Waals surface area contributed by atoms with Gasteiger partial charge in [-0.1, -0.05) is 38.5 Å². The highest BCUT2D eigenvalue weighted by Gasteiger charge is 2.29. The molecule has 0 radical (unpaired) electrons. The Kier molecular flexibility index (Phi) is 4.83. The molecule has 0 spiro atoms. The highest BCUT2D eigenvalue weighted by atomic mass is 16.4. The van der Waals surface area contributed by atoms with E-state index in [4.69, 9.17) is 0 Å². The van der Waals surface area contributed by atoms with Gasteiger partial charge in [0.05, 0.1) is 0 Å². The van der Waals surface area contributed by atoms with Gasteiger partial charge in [-0.25, -0.2) is 9.59 Å². The van der Waals surface area contributed by atoms with E-state index < -0.39 is 12.0 Å². The number of urea groups is 1. The van der Waals surface area contributed by atoms with Gasteiger partial charge in [0.15, 0.2) is 0 Å². The Bertz CT molecular complexity index is 530. The zero-order valence-electron chi connectivity index (χ0n) is 12.5. The summed E-state index contributed by atoms with van der Waals surface area (Å²) in [6.45, 7) is 4.38. The highest BCUT2D eigenvalue weighted by Crippen LogP contribution is 2.26. The third kappa shape index (κ3) is 3.35. The maximum absolute atomic E-state index is 12.4. The molecule has 0 saturated carbocycles. The Morgan fingerprint density at radius 3 is 2.76 bits per heavy atom. The van der Waals surface area contributed by atoms with Crippen LogP contribution in [0.2, 0.25) is 0 Å². The first kappa shape index (κ1) is 15.4. The van der Waals surface area contributed by atoms with Crippen LogP contribution in [0.15, 0.2) is 24.3 Å². The number of amides is 2. The molecule has 1 aliphatic heterocycles. The van der Waals surface area contributed by atoms with Crippen molar-refractivity contribution in [2.24, 2.45) is 5.92 Å². The van der Waals surface area contributed by atoms with Gasteiger partial charge in [0.2, 0.25) is 0 Å². The van der Waals surface area contributed by atoms with Crippen LogP contribution in [0.1, 0.15) is 32.3 Å². The smallest absolute Gasteiger partial charge is 0.326 e. The number of anilines is 1. The minimum absolute atomic E-state index is 0.105. The lowest BCUT2D eigenvalue weighted by Crippen LogP contribution is -2.51. The van der Waals surface area contributed by atoms with Gasteiger partial charge >= 0.3 is 12.0 Å². The number of hydrogen-bond donors (Lipinski definition) is 2. The molecule has 5 heteroatoms. The molecule has 0 bridgehead atoms. The van der Waals surface area contributed by atoms with Crippen LogP contribution >= 0.6 is 0 Å². The monoisotopic (exact) mass is 290 g/mol. The van der Waals surface area contributed by atoms with Crippen LogP contribution in [-0.2, 0) is 11.2 Å². The summed E-state index contributed by atoms with van der Waals surface area (Å²) in [5.74, 6) is -1.09. The van der Waals surface area contributed by atoms with Gasteiger partial charge in [0.1, 0.15) is 6.04 Å². The van der Waals surface area contributed by atoms with E-state index in [1.165, 1.54) is 0 Å². The summed E-state index contributed by atoms with van der Waals surface area (Å²) >= 11 is 0. The van der Waals surface area contributed by atoms with Gasteiger partial charge in [-0.3, -0.25) is 4.90 Å². The number of nitrogens with zero attached hydrogens (tertiary/aromatic N) is 1. The third-order valence-electron chi connectivity index (χ3n) is 4.11. The minimum atomic E-state index is -0.983. The molecule has 2 N–H and O–H groups in total. The number of carboxylic acids is 1. The molecule has 0 aromatic heterocycles. The van der Waals surface area contributed by atoms with Gasteiger partial charge in [-0.05, 0) is 30.4 Å². The predicted molar refractivity (Wildman–Crippen MR) is 81.5 cm³/mol. The molecule has 0 saturated heterocycles. The predicted octanol–water partition coefficient (Wildman–Crippen LogP) is 2.65. The quantitative estimate of drug-likeness (QED) is 0.895. The molecule has 1 heterocycles. The molecule has 2 rings (SSSR count). The maximum atomic E-state index is 12.4. The fourth-order valence-electron chi connectivity index (χ4n) is 2.64. The van der Waals surface area contributed by atoms with Crippen LogP contribution in [0.5, 0.6) is 0 Å². The number of carbonyl (C=O) groups excluding carboxylic acids is 1. The molecule has 2 amide bonds. The van der Waals surface area contributed by atoms with E-state index in [9.17, 15) is 14.7 Å². The Morgan fingerprint density at radius 2 is 2.10 bits per heavy atom. The van der Waals surface area contributed by atoms with Crippen molar-refractivity contribution in [2.45, 2.75) is 39.2 Å². The average Bonchev–Trinajstić information content (AvgIpc) is 2.50. The van der Waals surface area contributed by atoms with E-state index in [0.29, 0.717) is 13.0 Å². The number of nitrogens with one attached hydrogen (secondary N) is 1. The van der Waals surface area contributed by atoms with Crippen molar-refractivity contribution >= 4 is 17.7 Å². The van der Waals surface area contributed by atoms with Crippen LogP contribution in [0, 0.1) is 5.92 Å². The van der Waals surface area contributed by atoms with Crippen molar-refractivity contribution in [2.75, 3.05) is 11.4 Å². The number of carbonyl (C=O) groups is 2. The van der Waals surface area contributed by atoms with Gasteiger partial charge in [-0.2, -0.15) is 0 Å². The lowest BCUT2D eigenvalue weighted by Gasteiger charge is -2.31. The van der Waals surface area contributed by atoms with Crippen molar-refractivity contribution in [1.82, 2.24) is 5.32 Å². The maximum Gasteiger partial charge on any atom is 0.326 e. The third-order valence-corrected chi connectivity index (χ3v) is 4.11. The topological polar surface area (TPSA) is 69.6 Å². The molecular weight excluding hydrogens is 268 g/mol. The number of para-hydroxylation sites is 1. The zero-order chi connectivity index (χ0) is 15.4. The van der Waals surface area contributed by atoms with Crippen molar-refractivity contribution in [3.8, 4) is 0 Å². The van der Waals surface area contributed by atoms with Gasteiger partial charge < -0.3 is 10.4 Å². The Balaban J connectivity index is 2.15. The van der Waals surface area contributed by atoms with Gasteiger partial charge in [-0.15, -0.1) is 0 Å². The zero-order valence-corrected chi connectivity index (χ0v) is 12.5. The number of fused-ring (bicyclic) bond motifs is 1. The molecule has 1 unspecified atom stereocenters. The Hall–Kier alpha value is -2.04. The van der Waals surface area contributed by atoms with Crippen LogP contribution in [0.25, 0.3) is 0 Å². The fourth-order valence-corrected chi connectivity index (χ4v) is 2.64. The first-order valence-electron chi connectivity index (χ1n) is 7.43. The fraction of sp³-hybridized carbons (Fsp3) is 0.500. The first-order chi connectivity index (χ1) is 10.0.